The van der Waals surface area contributed by atoms with E-state index in [1.54, 1.807) is 0 Å². The van der Waals surface area contributed by atoms with Gasteiger partial charge in [0.05, 0.1) is 12.6 Å². The molecule has 0 unspecified atom stereocenters. The van der Waals surface area contributed by atoms with Gasteiger partial charge >= 0.3 is 0 Å². The van der Waals surface area contributed by atoms with Crippen molar-refractivity contribution in [1.82, 2.24) is 15.5 Å². The van der Waals surface area contributed by atoms with Gasteiger partial charge in [-0.3, -0.25) is 0 Å². The van der Waals surface area contributed by atoms with Crippen LogP contribution >= 0.6 is 12.4 Å². The SMILES string of the molecule is Cl.NCc1noc([C@@H]2C[C@H]3C[C@H]3N2)n1. The van der Waals surface area contributed by atoms with Crippen molar-refractivity contribution in [2.24, 2.45) is 11.7 Å². The van der Waals surface area contributed by atoms with E-state index in [2.05, 4.69) is 15.5 Å². The molecule has 1 aliphatic heterocycles. The average Bonchev–Trinajstić information content (AvgIpc) is 2.67. The van der Waals surface area contributed by atoms with Crippen LogP contribution in [0.3, 0.4) is 0 Å². The molecule has 78 valence electrons. The summed E-state index contributed by atoms with van der Waals surface area (Å²) in [6.07, 6.45) is 2.45. The zero-order valence-corrected chi connectivity index (χ0v) is 8.46. The van der Waals surface area contributed by atoms with Crippen molar-refractivity contribution in [2.45, 2.75) is 31.5 Å². The van der Waals surface area contributed by atoms with Gasteiger partial charge < -0.3 is 15.6 Å². The Bertz CT molecular complexity index is 319. The van der Waals surface area contributed by atoms with E-state index >= 15 is 0 Å². The van der Waals surface area contributed by atoms with Gasteiger partial charge in [0.15, 0.2) is 5.82 Å². The van der Waals surface area contributed by atoms with Crippen LogP contribution in [0, 0.1) is 5.92 Å². The number of nitrogens with zero attached hydrogens (tertiary/aromatic N) is 2. The summed E-state index contributed by atoms with van der Waals surface area (Å²) in [5.41, 5.74) is 5.39. The standard InChI is InChI=1S/C8H12N4O.ClH/c9-3-7-11-8(13-12-7)6-2-4-1-5(4)10-6;/h4-6,10H,1-3,9H2;1H/t4-,5-,6+;/m1./s1. The van der Waals surface area contributed by atoms with Crippen molar-refractivity contribution in [3.63, 3.8) is 0 Å². The number of aromatic nitrogens is 2. The summed E-state index contributed by atoms with van der Waals surface area (Å²) in [6.45, 7) is 0.350. The Morgan fingerprint density at radius 1 is 1.50 bits per heavy atom. The minimum Gasteiger partial charge on any atom is -0.338 e. The summed E-state index contributed by atoms with van der Waals surface area (Å²) >= 11 is 0. The van der Waals surface area contributed by atoms with Crippen LogP contribution in [0.25, 0.3) is 0 Å². The fourth-order valence-electron chi connectivity index (χ4n) is 2.01. The van der Waals surface area contributed by atoms with Gasteiger partial charge in [0, 0.05) is 6.04 Å². The zero-order chi connectivity index (χ0) is 8.84. The first-order chi connectivity index (χ1) is 6.36. The van der Waals surface area contributed by atoms with Crippen LogP contribution in [0.1, 0.15) is 30.6 Å². The van der Waals surface area contributed by atoms with Gasteiger partial charge in [-0.2, -0.15) is 4.98 Å². The summed E-state index contributed by atoms with van der Waals surface area (Å²) in [4.78, 5) is 4.20. The van der Waals surface area contributed by atoms with E-state index in [0.717, 1.165) is 12.3 Å². The van der Waals surface area contributed by atoms with Crippen LogP contribution in [0.4, 0.5) is 0 Å². The summed E-state index contributed by atoms with van der Waals surface area (Å²) in [6, 6.07) is 0.981. The van der Waals surface area contributed by atoms with Crippen LogP contribution < -0.4 is 11.1 Å². The van der Waals surface area contributed by atoms with Crippen LogP contribution in [-0.4, -0.2) is 16.2 Å². The number of nitrogens with one attached hydrogen (secondary N) is 1. The molecule has 3 atom stereocenters. The minimum atomic E-state index is 0. The normalized spacial score (nSPS) is 33.6. The maximum Gasteiger partial charge on any atom is 0.243 e. The molecule has 1 saturated carbocycles. The fraction of sp³-hybridized carbons (Fsp3) is 0.750. The molecule has 0 aromatic carbocycles. The number of nitrogens with two attached hydrogens (primary N) is 1. The Balaban J connectivity index is 0.000000750. The first-order valence-electron chi connectivity index (χ1n) is 4.65. The van der Waals surface area contributed by atoms with Crippen molar-refractivity contribution < 1.29 is 4.52 Å². The molecule has 5 nitrogen and oxygen atoms in total. The summed E-state index contributed by atoms with van der Waals surface area (Å²) in [5.74, 6) is 2.14. The number of piperidine rings is 1. The van der Waals surface area contributed by atoms with Crippen molar-refractivity contribution >= 4 is 12.4 Å². The fourth-order valence-corrected chi connectivity index (χ4v) is 2.01. The Morgan fingerprint density at radius 3 is 2.93 bits per heavy atom. The molecule has 3 rings (SSSR count). The van der Waals surface area contributed by atoms with Crippen molar-refractivity contribution in [3.05, 3.63) is 11.7 Å². The molecule has 14 heavy (non-hydrogen) atoms. The molecule has 1 aromatic rings. The lowest BCUT2D eigenvalue weighted by Gasteiger charge is -2.05. The first kappa shape index (κ1) is 9.89. The third-order valence-electron chi connectivity index (χ3n) is 2.84. The second-order valence-electron chi connectivity index (χ2n) is 3.81. The molecule has 6 heteroatoms. The highest BCUT2D eigenvalue weighted by Gasteiger charge is 2.47. The molecular formula is C8H13ClN4O. The van der Waals surface area contributed by atoms with Gasteiger partial charge in [-0.1, -0.05) is 5.16 Å². The number of hydrogen-bond donors (Lipinski definition) is 2. The Morgan fingerprint density at radius 2 is 2.36 bits per heavy atom. The summed E-state index contributed by atoms with van der Waals surface area (Å²) in [7, 11) is 0. The van der Waals surface area contributed by atoms with Crippen molar-refractivity contribution in [3.8, 4) is 0 Å². The number of fused-ring (bicyclic) bond motifs is 1. The topological polar surface area (TPSA) is 77.0 Å². The van der Waals surface area contributed by atoms with Crippen LogP contribution in [-0.2, 0) is 6.54 Å². The molecular weight excluding hydrogens is 204 g/mol. The highest BCUT2D eigenvalue weighted by Crippen LogP contribution is 2.45. The second-order valence-corrected chi connectivity index (χ2v) is 3.81. The van der Waals surface area contributed by atoms with E-state index in [9.17, 15) is 0 Å². The van der Waals surface area contributed by atoms with Gasteiger partial charge in [0.1, 0.15) is 0 Å². The van der Waals surface area contributed by atoms with Crippen LogP contribution in [0.15, 0.2) is 4.52 Å². The molecule has 0 radical (unpaired) electrons. The third kappa shape index (κ3) is 1.51. The Hall–Kier alpha value is -0.650. The van der Waals surface area contributed by atoms with Gasteiger partial charge in [-0.25, -0.2) is 0 Å². The number of halogens is 1. The highest BCUT2D eigenvalue weighted by atomic mass is 35.5. The Kier molecular flexibility index (Phi) is 2.47. The molecule has 2 heterocycles. The lowest BCUT2D eigenvalue weighted by molar-refractivity contribution is 0.332. The average molecular weight is 217 g/mol. The van der Waals surface area contributed by atoms with Crippen molar-refractivity contribution in [1.29, 1.82) is 0 Å². The molecule has 1 saturated heterocycles. The molecule has 2 fully saturated rings. The highest BCUT2D eigenvalue weighted by molar-refractivity contribution is 5.85. The predicted octanol–water partition coefficient (Wildman–Crippen LogP) is 0.373. The third-order valence-corrected chi connectivity index (χ3v) is 2.84. The van der Waals surface area contributed by atoms with E-state index in [1.165, 1.54) is 6.42 Å². The lowest BCUT2D eigenvalue weighted by Crippen LogP contribution is -2.18. The van der Waals surface area contributed by atoms with E-state index in [0.29, 0.717) is 24.3 Å². The van der Waals surface area contributed by atoms with Crippen LogP contribution in [0.2, 0.25) is 0 Å². The van der Waals surface area contributed by atoms with Gasteiger partial charge in [0.25, 0.3) is 0 Å². The summed E-state index contributed by atoms with van der Waals surface area (Å²) in [5, 5.41) is 7.21. The molecule has 1 aromatic heterocycles. The minimum absolute atomic E-state index is 0. The monoisotopic (exact) mass is 216 g/mol. The van der Waals surface area contributed by atoms with E-state index < -0.39 is 0 Å². The van der Waals surface area contributed by atoms with E-state index in [-0.39, 0.29) is 18.4 Å². The second kappa shape index (κ2) is 3.49. The van der Waals surface area contributed by atoms with Gasteiger partial charge in [-0.15, -0.1) is 12.4 Å². The van der Waals surface area contributed by atoms with Crippen LogP contribution in [0.5, 0.6) is 0 Å². The molecule has 0 spiro atoms. The Labute approximate surface area is 87.8 Å². The maximum absolute atomic E-state index is 5.39. The lowest BCUT2D eigenvalue weighted by atomic mass is 10.2. The van der Waals surface area contributed by atoms with Gasteiger partial charge in [-0.05, 0) is 18.8 Å². The zero-order valence-electron chi connectivity index (χ0n) is 7.64. The molecule has 0 amide bonds. The summed E-state index contributed by atoms with van der Waals surface area (Å²) < 4.78 is 5.10. The number of rotatable bonds is 2. The number of hydrogen-bond acceptors (Lipinski definition) is 5. The predicted molar refractivity (Wildman–Crippen MR) is 51.8 cm³/mol. The first-order valence-corrected chi connectivity index (χ1v) is 4.65. The van der Waals surface area contributed by atoms with Gasteiger partial charge in [0.2, 0.25) is 5.89 Å². The molecule has 1 aliphatic carbocycles. The van der Waals surface area contributed by atoms with Crippen molar-refractivity contribution in [2.75, 3.05) is 0 Å². The molecule has 2 aliphatic rings. The van der Waals surface area contributed by atoms with E-state index in [4.69, 9.17) is 10.3 Å². The largest absolute Gasteiger partial charge is 0.338 e. The smallest absolute Gasteiger partial charge is 0.243 e. The van der Waals surface area contributed by atoms with E-state index in [1.807, 2.05) is 0 Å². The molecule has 0 bridgehead atoms. The maximum atomic E-state index is 5.39. The molecule has 3 N–H and O–H groups in total. The quantitative estimate of drug-likeness (QED) is 0.747.